The standard InChI is InChI=1S/C8H4BrNO2S2/c9-5-1-4(13)2-7-8(5)6(3-14-7)10(11)12/h1-3,13H. The Hall–Kier alpha value is -0.590. The summed E-state index contributed by atoms with van der Waals surface area (Å²) in [7, 11) is 0. The van der Waals surface area contributed by atoms with Gasteiger partial charge in [0.1, 0.15) is 0 Å². The lowest BCUT2D eigenvalue weighted by atomic mass is 10.2. The SMILES string of the molecule is O=[N+]([O-])c1csc2cc(S)cc(Br)c12. The quantitative estimate of drug-likeness (QED) is 0.492. The molecule has 6 heteroatoms. The Morgan fingerprint density at radius 3 is 2.86 bits per heavy atom. The molecule has 2 aromatic rings. The van der Waals surface area contributed by atoms with E-state index in [4.69, 9.17) is 0 Å². The van der Waals surface area contributed by atoms with E-state index >= 15 is 0 Å². The van der Waals surface area contributed by atoms with Crippen LogP contribution in [0.5, 0.6) is 0 Å². The maximum Gasteiger partial charge on any atom is 0.288 e. The van der Waals surface area contributed by atoms with Gasteiger partial charge in [0.15, 0.2) is 0 Å². The predicted octanol–water partition coefficient (Wildman–Crippen LogP) is 3.86. The average molecular weight is 290 g/mol. The second-order valence-corrected chi connectivity index (χ2v) is 4.96. The van der Waals surface area contributed by atoms with Gasteiger partial charge in [0.25, 0.3) is 5.69 Å². The van der Waals surface area contributed by atoms with E-state index in [9.17, 15) is 10.1 Å². The highest BCUT2D eigenvalue weighted by atomic mass is 79.9. The summed E-state index contributed by atoms with van der Waals surface area (Å²) in [5.41, 5.74) is 0.144. The normalized spacial score (nSPS) is 10.7. The number of hydrogen-bond donors (Lipinski definition) is 1. The second kappa shape index (κ2) is 3.52. The minimum absolute atomic E-state index is 0.144. The maximum atomic E-state index is 10.7. The van der Waals surface area contributed by atoms with Crippen LogP contribution in [0, 0.1) is 10.1 Å². The molecule has 1 aromatic carbocycles. The number of fused-ring (bicyclic) bond motifs is 1. The van der Waals surface area contributed by atoms with Crippen molar-refractivity contribution in [2.45, 2.75) is 4.90 Å². The lowest BCUT2D eigenvalue weighted by Gasteiger charge is -1.96. The van der Waals surface area contributed by atoms with Gasteiger partial charge in [0, 0.05) is 14.1 Å². The van der Waals surface area contributed by atoms with E-state index in [0.29, 0.717) is 9.86 Å². The summed E-state index contributed by atoms with van der Waals surface area (Å²) in [6.45, 7) is 0. The van der Waals surface area contributed by atoms with Crippen LogP contribution >= 0.6 is 39.9 Å². The van der Waals surface area contributed by atoms with Crippen molar-refractivity contribution in [2.24, 2.45) is 0 Å². The van der Waals surface area contributed by atoms with Gasteiger partial charge in [-0.15, -0.1) is 24.0 Å². The highest BCUT2D eigenvalue weighted by Gasteiger charge is 2.16. The third-order valence-electron chi connectivity index (χ3n) is 1.79. The first-order chi connectivity index (χ1) is 6.59. The second-order valence-electron chi connectivity index (χ2n) is 2.68. The molecule has 72 valence electrons. The Morgan fingerprint density at radius 1 is 1.50 bits per heavy atom. The van der Waals surface area contributed by atoms with Crippen molar-refractivity contribution in [3.05, 3.63) is 32.1 Å². The summed E-state index contributed by atoms with van der Waals surface area (Å²) in [5.74, 6) is 0. The van der Waals surface area contributed by atoms with Crippen molar-refractivity contribution < 1.29 is 4.92 Å². The molecule has 0 aliphatic carbocycles. The van der Waals surface area contributed by atoms with Gasteiger partial charge >= 0.3 is 0 Å². The Bertz CT molecular complexity index is 523. The van der Waals surface area contributed by atoms with Gasteiger partial charge in [0.05, 0.1) is 15.7 Å². The van der Waals surface area contributed by atoms with E-state index in [-0.39, 0.29) is 10.6 Å². The van der Waals surface area contributed by atoms with E-state index in [1.165, 1.54) is 11.3 Å². The minimum atomic E-state index is -0.373. The van der Waals surface area contributed by atoms with Crippen molar-refractivity contribution in [3.63, 3.8) is 0 Å². The molecule has 0 fully saturated rings. The molecule has 0 unspecified atom stereocenters. The number of rotatable bonds is 1. The molecule has 0 bridgehead atoms. The van der Waals surface area contributed by atoms with Crippen LogP contribution in [0.25, 0.3) is 10.1 Å². The van der Waals surface area contributed by atoms with E-state index in [1.807, 2.05) is 6.07 Å². The summed E-state index contributed by atoms with van der Waals surface area (Å²) in [6, 6.07) is 3.58. The topological polar surface area (TPSA) is 43.1 Å². The van der Waals surface area contributed by atoms with Crippen LogP contribution in [0.4, 0.5) is 5.69 Å². The molecule has 3 nitrogen and oxygen atoms in total. The monoisotopic (exact) mass is 289 g/mol. The van der Waals surface area contributed by atoms with Crippen molar-refractivity contribution in [1.29, 1.82) is 0 Å². The van der Waals surface area contributed by atoms with Crippen LogP contribution in [0.2, 0.25) is 0 Å². The summed E-state index contributed by atoms with van der Waals surface area (Å²) in [5, 5.41) is 12.9. The van der Waals surface area contributed by atoms with E-state index in [1.54, 1.807) is 11.4 Å². The molecule has 14 heavy (non-hydrogen) atoms. The van der Waals surface area contributed by atoms with Gasteiger partial charge < -0.3 is 0 Å². The summed E-state index contributed by atoms with van der Waals surface area (Å²) >= 11 is 8.85. The Labute approximate surface area is 97.4 Å². The van der Waals surface area contributed by atoms with Crippen molar-refractivity contribution in [2.75, 3.05) is 0 Å². The van der Waals surface area contributed by atoms with Gasteiger partial charge in [-0.25, -0.2) is 0 Å². The Balaban J connectivity index is 2.85. The molecule has 0 saturated carbocycles. The fourth-order valence-electron chi connectivity index (χ4n) is 1.22. The summed E-state index contributed by atoms with van der Waals surface area (Å²) in [6.07, 6.45) is 0. The van der Waals surface area contributed by atoms with E-state index in [0.717, 1.165) is 9.60 Å². The molecule has 0 spiro atoms. The van der Waals surface area contributed by atoms with Crippen molar-refractivity contribution in [1.82, 2.24) is 0 Å². The first-order valence-electron chi connectivity index (χ1n) is 3.63. The number of nitro groups is 1. The van der Waals surface area contributed by atoms with Gasteiger partial charge in [-0.1, -0.05) is 0 Å². The molecule has 0 amide bonds. The van der Waals surface area contributed by atoms with Crippen LogP contribution in [-0.2, 0) is 0 Å². The largest absolute Gasteiger partial charge is 0.288 e. The number of nitrogens with zero attached hydrogens (tertiary/aromatic N) is 1. The first-order valence-corrected chi connectivity index (χ1v) is 5.75. The molecule has 0 N–H and O–H groups in total. The van der Waals surface area contributed by atoms with Crippen molar-refractivity contribution in [3.8, 4) is 0 Å². The first kappa shape index (κ1) is 9.95. The molecule has 0 atom stereocenters. The van der Waals surface area contributed by atoms with E-state index in [2.05, 4.69) is 28.6 Å². The van der Waals surface area contributed by atoms with Gasteiger partial charge in [-0.05, 0) is 28.1 Å². The highest BCUT2D eigenvalue weighted by molar-refractivity contribution is 9.10. The van der Waals surface area contributed by atoms with E-state index < -0.39 is 0 Å². The van der Waals surface area contributed by atoms with Gasteiger partial charge in [-0.3, -0.25) is 10.1 Å². The molecule has 1 heterocycles. The lowest BCUT2D eigenvalue weighted by Crippen LogP contribution is -1.85. The highest BCUT2D eigenvalue weighted by Crippen LogP contribution is 2.38. The van der Waals surface area contributed by atoms with Crippen LogP contribution in [0.15, 0.2) is 26.9 Å². The Kier molecular flexibility index (Phi) is 2.50. The maximum absolute atomic E-state index is 10.7. The van der Waals surface area contributed by atoms with Crippen LogP contribution in [0.3, 0.4) is 0 Å². The number of thiophene rings is 1. The number of hydrogen-bond acceptors (Lipinski definition) is 4. The Morgan fingerprint density at radius 2 is 2.21 bits per heavy atom. The smallest absolute Gasteiger partial charge is 0.258 e. The number of thiol groups is 1. The number of benzene rings is 1. The predicted molar refractivity (Wildman–Crippen MR) is 63.4 cm³/mol. The average Bonchev–Trinajstić information content (AvgIpc) is 2.47. The molecule has 0 radical (unpaired) electrons. The molecule has 1 aromatic heterocycles. The fourth-order valence-corrected chi connectivity index (χ4v) is 3.51. The molecular weight excluding hydrogens is 286 g/mol. The third kappa shape index (κ3) is 1.53. The molecule has 0 aliphatic rings. The van der Waals surface area contributed by atoms with Crippen LogP contribution in [0.1, 0.15) is 0 Å². The zero-order valence-electron chi connectivity index (χ0n) is 6.73. The minimum Gasteiger partial charge on any atom is -0.258 e. The number of halogens is 1. The van der Waals surface area contributed by atoms with Crippen LogP contribution < -0.4 is 0 Å². The molecule has 0 aliphatic heterocycles. The molecule has 2 rings (SSSR count). The summed E-state index contributed by atoms with van der Waals surface area (Å²) < 4.78 is 1.59. The van der Waals surface area contributed by atoms with Gasteiger partial charge in [-0.2, -0.15) is 0 Å². The summed E-state index contributed by atoms with van der Waals surface area (Å²) in [4.78, 5) is 11.1. The molecule has 0 saturated heterocycles. The zero-order chi connectivity index (χ0) is 10.3. The van der Waals surface area contributed by atoms with Crippen molar-refractivity contribution >= 4 is 55.7 Å². The third-order valence-corrected chi connectivity index (χ3v) is 3.59. The fraction of sp³-hybridized carbons (Fsp3) is 0. The zero-order valence-corrected chi connectivity index (χ0v) is 10.0. The lowest BCUT2D eigenvalue weighted by molar-refractivity contribution is -0.382. The van der Waals surface area contributed by atoms with Crippen LogP contribution in [-0.4, -0.2) is 4.92 Å². The van der Waals surface area contributed by atoms with Gasteiger partial charge in [0.2, 0.25) is 0 Å². The molecular formula is C8H4BrNO2S2.